The quantitative estimate of drug-likeness (QED) is 0.233. The summed E-state index contributed by atoms with van der Waals surface area (Å²) in [5.74, 6) is 0.219. The third kappa shape index (κ3) is 3.92. The van der Waals surface area contributed by atoms with Gasteiger partial charge < -0.3 is 0 Å². The number of rotatable bonds is 5. The summed E-state index contributed by atoms with van der Waals surface area (Å²) in [7, 11) is 0. The van der Waals surface area contributed by atoms with Gasteiger partial charge in [0.15, 0.2) is 0 Å². The molecule has 1 heterocycles. The maximum Gasteiger partial charge on any atom is 0.0484 e. The van der Waals surface area contributed by atoms with Crippen LogP contribution in [0.4, 0.5) is 0 Å². The maximum absolute atomic E-state index is 6.65. The Labute approximate surface area is 209 Å². The number of benzene rings is 5. The van der Waals surface area contributed by atoms with Crippen LogP contribution in [0.3, 0.4) is 0 Å². The minimum absolute atomic E-state index is 0.219. The standard InChI is InChI=1S/C32H23ClS/c33-30-16-8-6-14-26(30)24-12-4-5-13-25(24)28(23-10-2-1-3-11-23)20-22-18-19-32-29(21-22)27-15-7-9-17-31(27)34-32/h1-19,21,28H,20H2. The van der Waals surface area contributed by atoms with Gasteiger partial charge in [-0.05, 0) is 52.9 Å². The molecular formula is C32H23ClS. The molecule has 0 fully saturated rings. The average molecular weight is 475 g/mol. The molecule has 0 aliphatic carbocycles. The van der Waals surface area contributed by atoms with Crippen molar-refractivity contribution < 1.29 is 0 Å². The summed E-state index contributed by atoms with van der Waals surface area (Å²) in [5.41, 5.74) is 6.25. The fourth-order valence-electron chi connectivity index (χ4n) is 4.95. The Hall–Kier alpha value is -3.39. The van der Waals surface area contributed by atoms with Crippen molar-refractivity contribution in [2.45, 2.75) is 12.3 Å². The first kappa shape index (κ1) is 21.2. The van der Waals surface area contributed by atoms with Crippen molar-refractivity contribution >= 4 is 43.1 Å². The molecular weight excluding hydrogens is 452 g/mol. The minimum atomic E-state index is 0.219. The lowest BCUT2D eigenvalue weighted by molar-refractivity contribution is 0.808. The molecule has 6 aromatic rings. The Morgan fingerprint density at radius 1 is 0.588 bits per heavy atom. The zero-order chi connectivity index (χ0) is 22.9. The predicted molar refractivity (Wildman–Crippen MR) is 148 cm³/mol. The normalized spacial score (nSPS) is 12.3. The molecule has 1 aromatic heterocycles. The Bertz CT molecular complexity index is 1600. The fraction of sp³-hybridized carbons (Fsp3) is 0.0625. The van der Waals surface area contributed by atoms with Crippen LogP contribution in [-0.2, 0) is 6.42 Å². The van der Waals surface area contributed by atoms with Crippen LogP contribution in [0.5, 0.6) is 0 Å². The van der Waals surface area contributed by atoms with Gasteiger partial charge in [0, 0.05) is 36.7 Å². The van der Waals surface area contributed by atoms with Crippen LogP contribution in [0.25, 0.3) is 31.3 Å². The topological polar surface area (TPSA) is 0 Å². The molecule has 0 nitrogen and oxygen atoms in total. The van der Waals surface area contributed by atoms with Crippen LogP contribution in [-0.4, -0.2) is 0 Å². The molecule has 0 aliphatic heterocycles. The Morgan fingerprint density at radius 2 is 1.26 bits per heavy atom. The smallest absolute Gasteiger partial charge is 0.0484 e. The largest absolute Gasteiger partial charge is 0.135 e. The summed E-state index contributed by atoms with van der Waals surface area (Å²) < 4.78 is 2.69. The second kappa shape index (κ2) is 9.10. The highest BCUT2D eigenvalue weighted by Crippen LogP contribution is 2.39. The van der Waals surface area contributed by atoms with Gasteiger partial charge in [-0.2, -0.15) is 0 Å². The lowest BCUT2D eigenvalue weighted by Gasteiger charge is -2.22. The predicted octanol–water partition coefficient (Wildman–Crippen LogP) is 9.75. The van der Waals surface area contributed by atoms with Crippen LogP contribution < -0.4 is 0 Å². The monoisotopic (exact) mass is 474 g/mol. The Balaban J connectivity index is 1.49. The van der Waals surface area contributed by atoms with Gasteiger partial charge in [-0.25, -0.2) is 0 Å². The van der Waals surface area contributed by atoms with Crippen LogP contribution in [0.1, 0.15) is 22.6 Å². The molecule has 0 amide bonds. The van der Waals surface area contributed by atoms with E-state index < -0.39 is 0 Å². The molecule has 0 saturated heterocycles. The highest BCUT2D eigenvalue weighted by atomic mass is 35.5. The molecule has 164 valence electrons. The number of hydrogen-bond acceptors (Lipinski definition) is 1. The van der Waals surface area contributed by atoms with Crippen LogP contribution in [0, 0.1) is 0 Å². The first-order valence-electron chi connectivity index (χ1n) is 11.6. The van der Waals surface area contributed by atoms with E-state index in [2.05, 4.69) is 109 Å². The van der Waals surface area contributed by atoms with E-state index in [1.54, 1.807) is 0 Å². The Morgan fingerprint density at radius 3 is 2.12 bits per heavy atom. The molecule has 0 aliphatic rings. The molecule has 0 N–H and O–H groups in total. The zero-order valence-electron chi connectivity index (χ0n) is 18.6. The van der Waals surface area contributed by atoms with Crippen molar-refractivity contribution in [3.8, 4) is 11.1 Å². The van der Waals surface area contributed by atoms with Gasteiger partial charge in [-0.15, -0.1) is 11.3 Å². The van der Waals surface area contributed by atoms with E-state index in [1.165, 1.54) is 42.4 Å². The summed E-state index contributed by atoms with van der Waals surface area (Å²) in [6.07, 6.45) is 0.922. The van der Waals surface area contributed by atoms with Crippen molar-refractivity contribution in [1.82, 2.24) is 0 Å². The number of hydrogen-bond donors (Lipinski definition) is 0. The number of thiophene rings is 1. The van der Waals surface area contributed by atoms with Crippen molar-refractivity contribution in [1.29, 1.82) is 0 Å². The first-order valence-corrected chi connectivity index (χ1v) is 12.8. The van der Waals surface area contributed by atoms with Crippen LogP contribution >= 0.6 is 22.9 Å². The molecule has 6 rings (SSSR count). The number of halogens is 1. The summed E-state index contributed by atoms with van der Waals surface area (Å²) in [6.45, 7) is 0. The summed E-state index contributed by atoms with van der Waals surface area (Å²) in [6, 6.07) is 43.4. The van der Waals surface area contributed by atoms with Gasteiger partial charge in [0.25, 0.3) is 0 Å². The molecule has 0 radical (unpaired) electrons. The first-order chi connectivity index (χ1) is 16.8. The van der Waals surface area contributed by atoms with E-state index in [0.29, 0.717) is 0 Å². The average Bonchev–Trinajstić information content (AvgIpc) is 3.26. The third-order valence-corrected chi connectivity index (χ3v) is 8.06. The molecule has 1 unspecified atom stereocenters. The van der Waals surface area contributed by atoms with E-state index in [1.807, 2.05) is 23.5 Å². The van der Waals surface area contributed by atoms with Crippen molar-refractivity contribution in [3.05, 3.63) is 143 Å². The summed E-state index contributed by atoms with van der Waals surface area (Å²) in [4.78, 5) is 0. The number of fused-ring (bicyclic) bond motifs is 3. The molecule has 0 bridgehead atoms. The lowest BCUT2D eigenvalue weighted by atomic mass is 9.82. The van der Waals surface area contributed by atoms with Gasteiger partial charge in [0.1, 0.15) is 0 Å². The van der Waals surface area contributed by atoms with E-state index in [-0.39, 0.29) is 5.92 Å². The minimum Gasteiger partial charge on any atom is -0.135 e. The van der Waals surface area contributed by atoms with Gasteiger partial charge in [0.05, 0.1) is 0 Å². The fourth-order valence-corrected chi connectivity index (χ4v) is 6.28. The highest BCUT2D eigenvalue weighted by molar-refractivity contribution is 7.25. The highest BCUT2D eigenvalue weighted by Gasteiger charge is 2.20. The van der Waals surface area contributed by atoms with Gasteiger partial charge >= 0.3 is 0 Å². The van der Waals surface area contributed by atoms with Crippen molar-refractivity contribution in [3.63, 3.8) is 0 Å². The van der Waals surface area contributed by atoms with E-state index in [9.17, 15) is 0 Å². The molecule has 0 spiro atoms. The van der Waals surface area contributed by atoms with Crippen molar-refractivity contribution in [2.24, 2.45) is 0 Å². The van der Waals surface area contributed by atoms with Crippen LogP contribution in [0.15, 0.2) is 121 Å². The summed E-state index contributed by atoms with van der Waals surface area (Å²) >= 11 is 8.52. The van der Waals surface area contributed by atoms with E-state index in [4.69, 9.17) is 11.6 Å². The summed E-state index contributed by atoms with van der Waals surface area (Å²) in [5, 5.41) is 3.48. The van der Waals surface area contributed by atoms with E-state index >= 15 is 0 Å². The van der Waals surface area contributed by atoms with Crippen LogP contribution in [0.2, 0.25) is 5.02 Å². The lowest BCUT2D eigenvalue weighted by Crippen LogP contribution is -2.07. The zero-order valence-corrected chi connectivity index (χ0v) is 20.2. The second-order valence-electron chi connectivity index (χ2n) is 8.66. The molecule has 34 heavy (non-hydrogen) atoms. The third-order valence-electron chi connectivity index (χ3n) is 6.58. The van der Waals surface area contributed by atoms with Gasteiger partial charge in [-0.3, -0.25) is 0 Å². The molecule has 0 saturated carbocycles. The van der Waals surface area contributed by atoms with Gasteiger partial charge in [0.2, 0.25) is 0 Å². The Kier molecular flexibility index (Phi) is 5.66. The molecule has 5 aromatic carbocycles. The van der Waals surface area contributed by atoms with Crippen molar-refractivity contribution in [2.75, 3.05) is 0 Å². The SMILES string of the molecule is Clc1ccccc1-c1ccccc1C(Cc1ccc2sc3ccccc3c2c1)c1ccccc1. The van der Waals surface area contributed by atoms with Gasteiger partial charge in [-0.1, -0.05) is 109 Å². The van der Waals surface area contributed by atoms with E-state index in [0.717, 1.165) is 17.0 Å². The molecule has 1 atom stereocenters. The second-order valence-corrected chi connectivity index (χ2v) is 10.2. The molecule has 2 heteroatoms. The maximum atomic E-state index is 6.65.